The van der Waals surface area contributed by atoms with Crippen molar-refractivity contribution < 1.29 is 9.90 Å². The molecule has 0 unspecified atom stereocenters. The standard InChI is InChI=1S/C16H27N3O2/c1-4-18(5-2)11-8-12-19(6-3)14-10-7-9-13(15(14)17)16(20)21/h7,9-10H,4-6,8,11-12,17H2,1-3H3,(H,20,21). The zero-order valence-electron chi connectivity index (χ0n) is 13.3. The van der Waals surface area contributed by atoms with Crippen LogP contribution in [0.3, 0.4) is 0 Å². The van der Waals surface area contributed by atoms with E-state index in [4.69, 9.17) is 10.8 Å². The zero-order chi connectivity index (χ0) is 15.8. The van der Waals surface area contributed by atoms with Gasteiger partial charge in [0, 0.05) is 13.1 Å². The lowest BCUT2D eigenvalue weighted by molar-refractivity contribution is 0.0698. The summed E-state index contributed by atoms with van der Waals surface area (Å²) in [6.07, 6.45) is 1.03. The summed E-state index contributed by atoms with van der Waals surface area (Å²) < 4.78 is 0. The lowest BCUT2D eigenvalue weighted by Gasteiger charge is -2.26. The van der Waals surface area contributed by atoms with Crippen LogP contribution in [-0.2, 0) is 0 Å². The summed E-state index contributed by atoms with van der Waals surface area (Å²) in [4.78, 5) is 15.7. The second-order valence-electron chi connectivity index (χ2n) is 5.00. The lowest BCUT2D eigenvalue weighted by atomic mass is 10.1. The van der Waals surface area contributed by atoms with Gasteiger partial charge in [0.15, 0.2) is 0 Å². The number of carboxylic acid groups (broad SMARTS) is 1. The van der Waals surface area contributed by atoms with Crippen LogP contribution < -0.4 is 10.6 Å². The van der Waals surface area contributed by atoms with Crippen molar-refractivity contribution in [1.82, 2.24) is 4.90 Å². The molecule has 1 rings (SSSR count). The molecular formula is C16H27N3O2. The first-order chi connectivity index (χ1) is 10.0. The minimum absolute atomic E-state index is 0.176. The third-order valence-electron chi connectivity index (χ3n) is 3.83. The largest absolute Gasteiger partial charge is 0.478 e. The molecule has 0 aliphatic carbocycles. The maximum Gasteiger partial charge on any atom is 0.337 e. The van der Waals surface area contributed by atoms with Crippen molar-refractivity contribution in [3.63, 3.8) is 0 Å². The molecule has 0 radical (unpaired) electrons. The molecule has 3 N–H and O–H groups in total. The zero-order valence-corrected chi connectivity index (χ0v) is 13.3. The van der Waals surface area contributed by atoms with Crippen molar-refractivity contribution in [1.29, 1.82) is 0 Å². The summed E-state index contributed by atoms with van der Waals surface area (Å²) in [5, 5.41) is 9.15. The fraction of sp³-hybridized carbons (Fsp3) is 0.562. The summed E-state index contributed by atoms with van der Waals surface area (Å²) in [7, 11) is 0. The summed E-state index contributed by atoms with van der Waals surface area (Å²) in [6, 6.07) is 5.19. The smallest absolute Gasteiger partial charge is 0.337 e. The Kier molecular flexibility index (Phi) is 7.02. The Morgan fingerprint density at radius 3 is 2.33 bits per heavy atom. The van der Waals surface area contributed by atoms with Gasteiger partial charge < -0.3 is 20.6 Å². The number of carboxylic acids is 1. The van der Waals surface area contributed by atoms with Crippen LogP contribution in [0.1, 0.15) is 37.6 Å². The first kappa shape index (κ1) is 17.3. The molecule has 0 fully saturated rings. The Balaban J connectivity index is 2.76. The summed E-state index contributed by atoms with van der Waals surface area (Å²) >= 11 is 0. The van der Waals surface area contributed by atoms with Gasteiger partial charge in [-0.1, -0.05) is 19.9 Å². The molecule has 0 atom stereocenters. The summed E-state index contributed by atoms with van der Waals surface area (Å²) in [5.74, 6) is -0.978. The van der Waals surface area contributed by atoms with Crippen molar-refractivity contribution in [2.75, 3.05) is 43.4 Å². The van der Waals surface area contributed by atoms with Gasteiger partial charge in [0.1, 0.15) is 0 Å². The molecule has 0 amide bonds. The molecule has 0 saturated carbocycles. The number of aromatic carboxylic acids is 1. The molecule has 1 aromatic rings. The Bertz CT molecular complexity index is 459. The highest BCUT2D eigenvalue weighted by Gasteiger charge is 2.15. The number of nitrogens with zero attached hydrogens (tertiary/aromatic N) is 2. The van der Waals surface area contributed by atoms with Gasteiger partial charge in [-0.25, -0.2) is 4.79 Å². The highest BCUT2D eigenvalue weighted by Crippen LogP contribution is 2.26. The van der Waals surface area contributed by atoms with E-state index in [2.05, 4.69) is 30.6 Å². The number of benzene rings is 1. The minimum Gasteiger partial charge on any atom is -0.478 e. The summed E-state index contributed by atoms with van der Waals surface area (Å²) in [6.45, 7) is 11.2. The monoisotopic (exact) mass is 293 g/mol. The van der Waals surface area contributed by atoms with Crippen molar-refractivity contribution in [3.05, 3.63) is 23.8 Å². The van der Waals surface area contributed by atoms with Crippen LogP contribution in [0.4, 0.5) is 11.4 Å². The molecule has 0 heterocycles. The second-order valence-corrected chi connectivity index (χ2v) is 5.00. The van der Waals surface area contributed by atoms with Crippen molar-refractivity contribution >= 4 is 17.3 Å². The molecule has 0 aromatic heterocycles. The number of anilines is 2. The average molecular weight is 293 g/mol. The second kappa shape index (κ2) is 8.52. The predicted molar refractivity (Wildman–Crippen MR) is 88.1 cm³/mol. The number of hydrogen-bond acceptors (Lipinski definition) is 4. The van der Waals surface area contributed by atoms with E-state index in [1.165, 1.54) is 0 Å². The molecule has 0 saturated heterocycles. The Labute approximate surface area is 127 Å². The number of nitrogen functional groups attached to an aromatic ring is 1. The van der Waals surface area contributed by atoms with Crippen LogP contribution in [0, 0.1) is 0 Å². The van der Waals surface area contributed by atoms with Crippen LogP contribution in [0.5, 0.6) is 0 Å². The molecule has 0 aliphatic rings. The van der Waals surface area contributed by atoms with Gasteiger partial charge in [-0.05, 0) is 45.1 Å². The minimum atomic E-state index is -0.978. The van der Waals surface area contributed by atoms with Gasteiger partial charge in [0.2, 0.25) is 0 Å². The maximum absolute atomic E-state index is 11.2. The van der Waals surface area contributed by atoms with Gasteiger partial charge in [-0.15, -0.1) is 0 Å². The SMILES string of the molecule is CCN(CC)CCCN(CC)c1cccc(C(=O)O)c1N. The van der Waals surface area contributed by atoms with Gasteiger partial charge in [0.25, 0.3) is 0 Å². The summed E-state index contributed by atoms with van der Waals surface area (Å²) in [5.41, 5.74) is 7.36. The van der Waals surface area contributed by atoms with Gasteiger partial charge in [-0.3, -0.25) is 0 Å². The average Bonchev–Trinajstić information content (AvgIpc) is 2.48. The first-order valence-electron chi connectivity index (χ1n) is 7.64. The Morgan fingerprint density at radius 1 is 1.14 bits per heavy atom. The molecule has 0 spiro atoms. The van der Waals surface area contributed by atoms with Crippen LogP contribution in [-0.4, -0.2) is 48.7 Å². The Morgan fingerprint density at radius 2 is 1.81 bits per heavy atom. The number of hydrogen-bond donors (Lipinski definition) is 2. The number of nitrogens with two attached hydrogens (primary N) is 1. The topological polar surface area (TPSA) is 69.8 Å². The number of para-hydroxylation sites is 1. The quantitative estimate of drug-likeness (QED) is 0.685. The van der Waals surface area contributed by atoms with Gasteiger partial charge in [-0.2, -0.15) is 0 Å². The molecule has 5 heteroatoms. The highest BCUT2D eigenvalue weighted by molar-refractivity contribution is 5.97. The van der Waals surface area contributed by atoms with Crippen molar-refractivity contribution in [3.8, 4) is 0 Å². The van der Waals surface area contributed by atoms with Crippen LogP contribution in [0.25, 0.3) is 0 Å². The van der Waals surface area contributed by atoms with E-state index in [-0.39, 0.29) is 5.56 Å². The van der Waals surface area contributed by atoms with E-state index in [9.17, 15) is 4.79 Å². The van der Waals surface area contributed by atoms with E-state index in [1.54, 1.807) is 12.1 Å². The van der Waals surface area contributed by atoms with Crippen LogP contribution >= 0.6 is 0 Å². The van der Waals surface area contributed by atoms with E-state index in [0.29, 0.717) is 5.69 Å². The molecule has 21 heavy (non-hydrogen) atoms. The van der Waals surface area contributed by atoms with Crippen LogP contribution in [0.15, 0.2) is 18.2 Å². The van der Waals surface area contributed by atoms with Crippen LogP contribution in [0.2, 0.25) is 0 Å². The first-order valence-corrected chi connectivity index (χ1v) is 7.64. The molecular weight excluding hydrogens is 266 g/mol. The Hall–Kier alpha value is -1.75. The third-order valence-corrected chi connectivity index (χ3v) is 3.83. The van der Waals surface area contributed by atoms with Crippen molar-refractivity contribution in [2.24, 2.45) is 0 Å². The predicted octanol–water partition coefficient (Wildman–Crippen LogP) is 2.53. The lowest BCUT2D eigenvalue weighted by Crippen LogP contribution is -2.30. The fourth-order valence-corrected chi connectivity index (χ4v) is 2.49. The molecule has 0 aliphatic heterocycles. The third kappa shape index (κ3) is 4.63. The molecule has 5 nitrogen and oxygen atoms in total. The number of rotatable bonds is 9. The normalized spacial score (nSPS) is 10.9. The molecule has 1 aromatic carbocycles. The van der Waals surface area contributed by atoms with E-state index in [0.717, 1.165) is 44.8 Å². The molecule has 0 bridgehead atoms. The molecule has 118 valence electrons. The van der Waals surface area contributed by atoms with E-state index >= 15 is 0 Å². The highest BCUT2D eigenvalue weighted by atomic mass is 16.4. The van der Waals surface area contributed by atoms with Crippen molar-refractivity contribution in [2.45, 2.75) is 27.2 Å². The maximum atomic E-state index is 11.2. The fourth-order valence-electron chi connectivity index (χ4n) is 2.49. The van der Waals surface area contributed by atoms with E-state index in [1.807, 2.05) is 6.07 Å². The van der Waals surface area contributed by atoms with Gasteiger partial charge >= 0.3 is 5.97 Å². The van der Waals surface area contributed by atoms with E-state index < -0.39 is 5.97 Å². The van der Waals surface area contributed by atoms with Gasteiger partial charge in [0.05, 0.1) is 16.9 Å². The number of carbonyl (C=O) groups is 1.